The maximum absolute atomic E-state index is 11.2. The molecule has 1 N–H and O–H groups in total. The van der Waals surface area contributed by atoms with Crippen molar-refractivity contribution in [3.8, 4) is 0 Å². The third-order valence-electron chi connectivity index (χ3n) is 3.58. The molecule has 0 spiro atoms. The molecule has 0 aromatic heterocycles. The van der Waals surface area contributed by atoms with Crippen molar-refractivity contribution in [2.24, 2.45) is 0 Å². The van der Waals surface area contributed by atoms with Gasteiger partial charge in [-0.15, -0.1) is 0 Å². The number of rotatable bonds is 4. The average Bonchev–Trinajstić information content (AvgIpc) is 2.41. The van der Waals surface area contributed by atoms with Gasteiger partial charge in [0.25, 0.3) is 5.69 Å². The maximum atomic E-state index is 11.2. The highest BCUT2D eigenvalue weighted by Gasteiger charge is 2.33. The van der Waals surface area contributed by atoms with Gasteiger partial charge in [-0.1, -0.05) is 23.2 Å². The minimum Gasteiger partial charge on any atom is -0.388 e. The molecule has 0 amide bonds. The standard InChI is InChI=1S/C13H16Cl2N2O4/c1-16(8-13(18)2-4-21-5-3-13)11-6-9(14)10(15)7-12(11)17(19)20/h6-7,18H,2-5,8H2,1H3. The minimum atomic E-state index is -0.924. The number of nitro groups is 1. The van der Waals surface area contributed by atoms with E-state index in [1.165, 1.54) is 12.1 Å². The molecule has 21 heavy (non-hydrogen) atoms. The molecule has 1 aliphatic heterocycles. The van der Waals surface area contributed by atoms with E-state index in [1.807, 2.05) is 0 Å². The fourth-order valence-corrected chi connectivity index (χ4v) is 2.73. The van der Waals surface area contributed by atoms with Gasteiger partial charge in [0.15, 0.2) is 0 Å². The van der Waals surface area contributed by atoms with Crippen molar-refractivity contribution in [3.63, 3.8) is 0 Å². The summed E-state index contributed by atoms with van der Waals surface area (Å²) in [5.41, 5.74) is -0.732. The predicted molar refractivity (Wildman–Crippen MR) is 81.4 cm³/mol. The van der Waals surface area contributed by atoms with E-state index in [0.29, 0.717) is 31.7 Å². The maximum Gasteiger partial charge on any atom is 0.294 e. The van der Waals surface area contributed by atoms with Gasteiger partial charge in [-0.25, -0.2) is 0 Å². The highest BCUT2D eigenvalue weighted by atomic mass is 35.5. The summed E-state index contributed by atoms with van der Waals surface area (Å²) in [5, 5.41) is 22.0. The molecule has 0 saturated carbocycles. The summed E-state index contributed by atoms with van der Waals surface area (Å²) < 4.78 is 5.22. The van der Waals surface area contributed by atoms with Gasteiger partial charge in [-0.2, -0.15) is 0 Å². The van der Waals surface area contributed by atoms with E-state index in [9.17, 15) is 15.2 Å². The molecule has 6 nitrogen and oxygen atoms in total. The molecule has 0 aliphatic carbocycles. The SMILES string of the molecule is CN(CC1(O)CCOCC1)c1cc(Cl)c(Cl)cc1[N+](=O)[O-]. The Morgan fingerprint density at radius 3 is 2.52 bits per heavy atom. The van der Waals surface area contributed by atoms with Gasteiger partial charge in [-0.05, 0) is 6.07 Å². The summed E-state index contributed by atoms with van der Waals surface area (Å²) in [5.74, 6) is 0. The summed E-state index contributed by atoms with van der Waals surface area (Å²) in [6.45, 7) is 1.22. The lowest BCUT2D eigenvalue weighted by molar-refractivity contribution is -0.384. The molecule has 1 aliphatic rings. The Labute approximate surface area is 132 Å². The molecule has 1 aromatic carbocycles. The Morgan fingerprint density at radius 1 is 1.38 bits per heavy atom. The monoisotopic (exact) mass is 334 g/mol. The Morgan fingerprint density at radius 2 is 1.95 bits per heavy atom. The Balaban J connectivity index is 2.27. The Hall–Kier alpha value is -1.08. The van der Waals surface area contributed by atoms with Crippen LogP contribution < -0.4 is 4.90 Å². The topological polar surface area (TPSA) is 75.8 Å². The Bertz CT molecular complexity index is 547. The summed E-state index contributed by atoms with van der Waals surface area (Å²) in [6.07, 6.45) is 0.985. The first kappa shape index (κ1) is 16.3. The van der Waals surface area contributed by atoms with E-state index in [0.717, 1.165) is 0 Å². The van der Waals surface area contributed by atoms with Crippen molar-refractivity contribution in [2.45, 2.75) is 18.4 Å². The van der Waals surface area contributed by atoms with Crippen LogP contribution in [0.3, 0.4) is 0 Å². The molecular weight excluding hydrogens is 319 g/mol. The van der Waals surface area contributed by atoms with Gasteiger partial charge in [0.1, 0.15) is 5.69 Å². The van der Waals surface area contributed by atoms with Gasteiger partial charge in [0, 0.05) is 45.7 Å². The van der Waals surface area contributed by atoms with E-state index in [-0.39, 0.29) is 22.3 Å². The minimum absolute atomic E-state index is 0.130. The van der Waals surface area contributed by atoms with Crippen LogP contribution in [0.25, 0.3) is 0 Å². The van der Waals surface area contributed by atoms with Gasteiger partial charge in [0.2, 0.25) is 0 Å². The van der Waals surface area contributed by atoms with Crippen LogP contribution in [0.5, 0.6) is 0 Å². The fourth-order valence-electron chi connectivity index (χ4n) is 2.41. The number of nitro benzene ring substituents is 1. The van der Waals surface area contributed by atoms with Crippen LogP contribution in [0.15, 0.2) is 12.1 Å². The number of halogens is 2. The first-order valence-corrected chi connectivity index (χ1v) is 7.23. The van der Waals surface area contributed by atoms with Gasteiger partial charge in [0.05, 0.1) is 20.6 Å². The largest absolute Gasteiger partial charge is 0.388 e. The second kappa shape index (κ2) is 6.36. The van der Waals surface area contributed by atoms with Crippen LogP contribution in [-0.4, -0.2) is 42.4 Å². The first-order valence-electron chi connectivity index (χ1n) is 6.47. The second-order valence-electron chi connectivity index (χ2n) is 5.20. The molecule has 1 heterocycles. The van der Waals surface area contributed by atoms with Crippen LogP contribution in [0.4, 0.5) is 11.4 Å². The van der Waals surface area contributed by atoms with Gasteiger partial charge in [-0.3, -0.25) is 10.1 Å². The zero-order valence-electron chi connectivity index (χ0n) is 11.5. The van der Waals surface area contributed by atoms with Crippen molar-refractivity contribution >= 4 is 34.6 Å². The zero-order valence-corrected chi connectivity index (χ0v) is 13.0. The fraction of sp³-hybridized carbons (Fsp3) is 0.538. The molecule has 2 rings (SSSR count). The van der Waals surface area contributed by atoms with Crippen LogP contribution in [0.2, 0.25) is 10.0 Å². The van der Waals surface area contributed by atoms with Crippen molar-refractivity contribution < 1.29 is 14.8 Å². The third-order valence-corrected chi connectivity index (χ3v) is 4.30. The molecule has 1 fully saturated rings. The van der Waals surface area contributed by atoms with E-state index >= 15 is 0 Å². The predicted octanol–water partition coefficient (Wildman–Crippen LogP) is 2.88. The van der Waals surface area contributed by atoms with E-state index < -0.39 is 10.5 Å². The number of benzene rings is 1. The van der Waals surface area contributed by atoms with Gasteiger partial charge < -0.3 is 14.7 Å². The van der Waals surface area contributed by atoms with Crippen molar-refractivity contribution in [1.29, 1.82) is 0 Å². The van der Waals surface area contributed by atoms with Crippen LogP contribution in [0.1, 0.15) is 12.8 Å². The quantitative estimate of drug-likeness (QED) is 0.676. The summed E-state index contributed by atoms with van der Waals surface area (Å²) in [7, 11) is 1.68. The van der Waals surface area contributed by atoms with E-state index in [2.05, 4.69) is 0 Å². The number of hydrogen-bond donors (Lipinski definition) is 1. The molecule has 0 atom stereocenters. The van der Waals surface area contributed by atoms with Crippen LogP contribution in [-0.2, 0) is 4.74 Å². The summed E-state index contributed by atoms with van der Waals surface area (Å²) in [6, 6.07) is 2.68. The molecule has 0 unspecified atom stereocenters. The van der Waals surface area contributed by atoms with E-state index in [1.54, 1.807) is 11.9 Å². The van der Waals surface area contributed by atoms with Gasteiger partial charge >= 0.3 is 0 Å². The van der Waals surface area contributed by atoms with Crippen LogP contribution >= 0.6 is 23.2 Å². The molecule has 0 bridgehead atoms. The highest BCUT2D eigenvalue weighted by Crippen LogP contribution is 2.36. The number of anilines is 1. The number of ether oxygens (including phenoxy) is 1. The number of aliphatic hydroxyl groups is 1. The summed E-state index contributed by atoms with van der Waals surface area (Å²) in [4.78, 5) is 12.3. The lowest BCUT2D eigenvalue weighted by atomic mass is 9.93. The lowest BCUT2D eigenvalue weighted by Crippen LogP contribution is -2.45. The molecule has 8 heteroatoms. The zero-order chi connectivity index (χ0) is 15.6. The molecular formula is C13H16Cl2N2O4. The summed E-state index contributed by atoms with van der Waals surface area (Å²) >= 11 is 11.8. The molecule has 0 radical (unpaired) electrons. The number of hydrogen-bond acceptors (Lipinski definition) is 5. The van der Waals surface area contributed by atoms with Crippen LogP contribution in [0, 0.1) is 10.1 Å². The van der Waals surface area contributed by atoms with Crippen molar-refractivity contribution in [2.75, 3.05) is 31.7 Å². The molecule has 1 aromatic rings. The smallest absolute Gasteiger partial charge is 0.294 e. The Kier molecular flexibility index (Phi) is 4.93. The normalized spacial score (nSPS) is 17.5. The average molecular weight is 335 g/mol. The first-order chi connectivity index (χ1) is 9.82. The molecule has 116 valence electrons. The second-order valence-corrected chi connectivity index (χ2v) is 6.02. The number of nitrogens with zero attached hydrogens (tertiary/aromatic N) is 2. The highest BCUT2D eigenvalue weighted by molar-refractivity contribution is 6.42. The molecule has 1 saturated heterocycles. The lowest BCUT2D eigenvalue weighted by Gasteiger charge is -2.36. The van der Waals surface area contributed by atoms with E-state index in [4.69, 9.17) is 27.9 Å². The van der Waals surface area contributed by atoms with Crippen molar-refractivity contribution in [1.82, 2.24) is 0 Å². The third kappa shape index (κ3) is 3.77. The number of likely N-dealkylation sites (N-methyl/N-ethyl adjacent to an activating group) is 1. The van der Waals surface area contributed by atoms with Crippen molar-refractivity contribution in [3.05, 3.63) is 32.3 Å².